The highest BCUT2D eigenvalue weighted by Crippen LogP contribution is 2.24. The van der Waals surface area contributed by atoms with Crippen molar-refractivity contribution >= 4 is 23.7 Å². The van der Waals surface area contributed by atoms with Gasteiger partial charge in [-0.15, -0.1) is 0 Å². The Balaban J connectivity index is 1.58. The molecule has 0 spiro atoms. The van der Waals surface area contributed by atoms with E-state index in [1.807, 2.05) is 0 Å². The van der Waals surface area contributed by atoms with Crippen LogP contribution in [0.25, 0.3) is 0 Å². The van der Waals surface area contributed by atoms with Crippen LogP contribution in [-0.2, 0) is 14.3 Å². The predicted octanol–water partition coefficient (Wildman–Crippen LogP) is 0.526. The van der Waals surface area contributed by atoms with E-state index in [0.717, 1.165) is 4.90 Å². The number of hydrogen-bond donors (Lipinski definition) is 2. The van der Waals surface area contributed by atoms with Gasteiger partial charge in [-0.05, 0) is 30.9 Å². The summed E-state index contributed by atoms with van der Waals surface area (Å²) in [6.45, 7) is 0.559. The van der Waals surface area contributed by atoms with Gasteiger partial charge in [0, 0.05) is 19.8 Å². The standard InChI is InChI=1S/C18H20N2O6/c21-15(19-9-14(18(24)25)11-5-7-26-8-6-11)10-20-16(22)12-3-1-2-4-13(12)17(20)23/h1-4,11,14H,5-10H2,(H,19,21)(H,24,25). The maximum Gasteiger partial charge on any atom is 0.308 e. The van der Waals surface area contributed by atoms with Gasteiger partial charge in [-0.1, -0.05) is 12.1 Å². The second kappa shape index (κ2) is 7.65. The number of fused-ring (bicyclic) bond motifs is 1. The molecule has 0 saturated carbocycles. The molecule has 1 aromatic rings. The summed E-state index contributed by atoms with van der Waals surface area (Å²) < 4.78 is 5.24. The number of benzene rings is 1. The van der Waals surface area contributed by atoms with E-state index in [-0.39, 0.29) is 23.6 Å². The van der Waals surface area contributed by atoms with Gasteiger partial charge < -0.3 is 15.2 Å². The molecule has 8 heteroatoms. The number of nitrogens with zero attached hydrogens (tertiary/aromatic N) is 1. The first kappa shape index (κ1) is 18.1. The van der Waals surface area contributed by atoms with Crippen LogP contribution in [0.2, 0.25) is 0 Å². The number of ether oxygens (including phenoxy) is 1. The topological polar surface area (TPSA) is 113 Å². The van der Waals surface area contributed by atoms with Crippen LogP contribution in [0.15, 0.2) is 24.3 Å². The molecule has 1 unspecified atom stereocenters. The summed E-state index contributed by atoms with van der Waals surface area (Å²) in [5.41, 5.74) is 0.548. The molecule has 1 fully saturated rings. The van der Waals surface area contributed by atoms with Crippen molar-refractivity contribution in [3.8, 4) is 0 Å². The lowest BCUT2D eigenvalue weighted by Gasteiger charge is -2.27. The molecule has 3 amide bonds. The first-order valence-corrected chi connectivity index (χ1v) is 8.51. The molecule has 2 aliphatic rings. The molecule has 8 nitrogen and oxygen atoms in total. The molecule has 3 rings (SSSR count). The van der Waals surface area contributed by atoms with Gasteiger partial charge in [0.05, 0.1) is 17.0 Å². The van der Waals surface area contributed by atoms with E-state index in [1.54, 1.807) is 24.3 Å². The summed E-state index contributed by atoms with van der Waals surface area (Å²) >= 11 is 0. The molecule has 0 bridgehead atoms. The minimum absolute atomic E-state index is 0.0397. The van der Waals surface area contributed by atoms with E-state index in [9.17, 15) is 24.3 Å². The zero-order chi connectivity index (χ0) is 18.7. The van der Waals surface area contributed by atoms with E-state index in [1.165, 1.54) is 0 Å². The highest BCUT2D eigenvalue weighted by Gasteiger charge is 2.36. The molecular formula is C18H20N2O6. The number of hydrogen-bond acceptors (Lipinski definition) is 5. The van der Waals surface area contributed by atoms with Crippen LogP contribution >= 0.6 is 0 Å². The van der Waals surface area contributed by atoms with Gasteiger partial charge in [0.2, 0.25) is 5.91 Å². The van der Waals surface area contributed by atoms with Crippen LogP contribution in [-0.4, -0.2) is 60.0 Å². The van der Waals surface area contributed by atoms with Gasteiger partial charge in [0.1, 0.15) is 6.54 Å². The number of carboxylic acids is 1. The lowest BCUT2D eigenvalue weighted by atomic mass is 9.86. The van der Waals surface area contributed by atoms with Gasteiger partial charge in [-0.25, -0.2) is 0 Å². The molecule has 26 heavy (non-hydrogen) atoms. The third-order valence-corrected chi connectivity index (χ3v) is 4.85. The molecule has 0 aromatic heterocycles. The van der Waals surface area contributed by atoms with E-state index in [2.05, 4.69) is 5.32 Å². The van der Waals surface area contributed by atoms with Gasteiger partial charge >= 0.3 is 5.97 Å². The Morgan fingerprint density at radius 1 is 1.15 bits per heavy atom. The second-order valence-electron chi connectivity index (χ2n) is 6.44. The van der Waals surface area contributed by atoms with Crippen molar-refractivity contribution < 1.29 is 29.0 Å². The third kappa shape index (κ3) is 3.60. The van der Waals surface area contributed by atoms with Crippen LogP contribution in [0.5, 0.6) is 0 Å². The largest absolute Gasteiger partial charge is 0.481 e. The third-order valence-electron chi connectivity index (χ3n) is 4.85. The van der Waals surface area contributed by atoms with E-state index in [0.29, 0.717) is 26.1 Å². The van der Waals surface area contributed by atoms with Crippen LogP contribution < -0.4 is 5.32 Å². The van der Waals surface area contributed by atoms with Gasteiger partial charge in [0.25, 0.3) is 11.8 Å². The average molecular weight is 360 g/mol. The normalized spacial score (nSPS) is 18.5. The Morgan fingerprint density at radius 3 is 2.27 bits per heavy atom. The van der Waals surface area contributed by atoms with Crippen LogP contribution in [0.4, 0.5) is 0 Å². The highest BCUT2D eigenvalue weighted by atomic mass is 16.5. The number of rotatable bonds is 6. The summed E-state index contributed by atoms with van der Waals surface area (Å²) in [7, 11) is 0. The molecule has 1 saturated heterocycles. The molecule has 138 valence electrons. The number of nitrogens with one attached hydrogen (secondary N) is 1. The Bertz CT molecular complexity index is 706. The maximum absolute atomic E-state index is 12.3. The van der Waals surface area contributed by atoms with Crippen molar-refractivity contribution in [2.45, 2.75) is 12.8 Å². The Labute approximate surface area is 150 Å². The summed E-state index contributed by atoms with van der Waals surface area (Å²) in [5.74, 6) is -3.35. The lowest BCUT2D eigenvalue weighted by Crippen LogP contribution is -2.44. The number of carboxylic acid groups (broad SMARTS) is 1. The highest BCUT2D eigenvalue weighted by molar-refractivity contribution is 6.22. The number of amides is 3. The fourth-order valence-electron chi connectivity index (χ4n) is 3.38. The Hall–Kier alpha value is -2.74. The number of carbonyl (C=O) groups excluding carboxylic acids is 3. The minimum Gasteiger partial charge on any atom is -0.481 e. The first-order valence-electron chi connectivity index (χ1n) is 8.51. The van der Waals surface area contributed by atoms with Crippen LogP contribution in [0.3, 0.4) is 0 Å². The average Bonchev–Trinajstić information content (AvgIpc) is 2.88. The molecule has 0 aliphatic carbocycles. The van der Waals surface area contributed by atoms with E-state index in [4.69, 9.17) is 4.74 Å². The maximum atomic E-state index is 12.3. The van der Waals surface area contributed by atoms with Crippen molar-refractivity contribution in [1.29, 1.82) is 0 Å². The van der Waals surface area contributed by atoms with Crippen LogP contribution in [0, 0.1) is 11.8 Å². The molecule has 2 aliphatic heterocycles. The van der Waals surface area contributed by atoms with Crippen molar-refractivity contribution in [3.63, 3.8) is 0 Å². The lowest BCUT2D eigenvalue weighted by molar-refractivity contribution is -0.145. The fraction of sp³-hybridized carbons (Fsp3) is 0.444. The van der Waals surface area contributed by atoms with Crippen molar-refractivity contribution in [2.75, 3.05) is 26.3 Å². The first-order chi connectivity index (χ1) is 12.5. The summed E-state index contributed by atoms with van der Waals surface area (Å²) in [6, 6.07) is 6.38. The minimum atomic E-state index is -0.974. The van der Waals surface area contributed by atoms with Crippen LogP contribution in [0.1, 0.15) is 33.6 Å². The molecule has 1 aromatic carbocycles. The quantitative estimate of drug-likeness (QED) is 0.716. The zero-order valence-corrected chi connectivity index (χ0v) is 14.1. The molecular weight excluding hydrogens is 340 g/mol. The van der Waals surface area contributed by atoms with Crippen molar-refractivity contribution in [3.05, 3.63) is 35.4 Å². The monoisotopic (exact) mass is 360 g/mol. The van der Waals surface area contributed by atoms with E-state index < -0.39 is 36.2 Å². The van der Waals surface area contributed by atoms with Crippen molar-refractivity contribution in [1.82, 2.24) is 10.2 Å². The number of imide groups is 1. The summed E-state index contributed by atoms with van der Waals surface area (Å²) in [4.78, 5) is 49.1. The number of carbonyl (C=O) groups is 4. The van der Waals surface area contributed by atoms with Gasteiger partial charge in [-0.2, -0.15) is 0 Å². The fourth-order valence-corrected chi connectivity index (χ4v) is 3.38. The summed E-state index contributed by atoms with van der Waals surface area (Å²) in [6.07, 6.45) is 1.26. The van der Waals surface area contributed by atoms with Crippen molar-refractivity contribution in [2.24, 2.45) is 11.8 Å². The summed E-state index contributed by atoms with van der Waals surface area (Å²) in [5, 5.41) is 12.0. The van der Waals surface area contributed by atoms with Gasteiger partial charge in [-0.3, -0.25) is 24.1 Å². The molecule has 1 atom stereocenters. The predicted molar refractivity (Wildman–Crippen MR) is 89.5 cm³/mol. The molecule has 2 heterocycles. The molecule has 0 radical (unpaired) electrons. The Morgan fingerprint density at radius 2 is 1.73 bits per heavy atom. The second-order valence-corrected chi connectivity index (χ2v) is 6.44. The van der Waals surface area contributed by atoms with E-state index >= 15 is 0 Å². The SMILES string of the molecule is O=C(CN1C(=O)c2ccccc2C1=O)NCC(C(=O)O)C1CCOCC1. The van der Waals surface area contributed by atoms with Gasteiger partial charge in [0.15, 0.2) is 0 Å². The molecule has 2 N–H and O–H groups in total. The smallest absolute Gasteiger partial charge is 0.308 e. The Kier molecular flexibility index (Phi) is 5.32. The number of aliphatic carboxylic acids is 1. The zero-order valence-electron chi connectivity index (χ0n) is 14.1.